The molecule has 0 N–H and O–H groups in total. The van der Waals surface area contributed by atoms with Crippen molar-refractivity contribution in [3.63, 3.8) is 0 Å². The van der Waals surface area contributed by atoms with Crippen molar-refractivity contribution in [1.29, 1.82) is 0 Å². The summed E-state index contributed by atoms with van der Waals surface area (Å²) in [6, 6.07) is 27.6. The van der Waals surface area contributed by atoms with Gasteiger partial charge in [0, 0.05) is 0 Å². The molecule has 0 bridgehead atoms. The van der Waals surface area contributed by atoms with Crippen LogP contribution >= 0.6 is 0 Å². The third kappa shape index (κ3) is 3.92. The number of fused-ring (bicyclic) bond motifs is 6. The van der Waals surface area contributed by atoms with Gasteiger partial charge in [-0.05, 0) is 0 Å². The number of benzene rings is 4. The van der Waals surface area contributed by atoms with Crippen LogP contribution in [0.4, 0.5) is 0 Å². The molecule has 0 nitrogen and oxygen atoms in total. The average Bonchev–Trinajstić information content (AvgIpc) is 3.31. The summed E-state index contributed by atoms with van der Waals surface area (Å²) in [6.45, 7) is 10.2. The number of hydrogen-bond donors (Lipinski definition) is 0. The minimum Gasteiger partial charge on any atom is -1.00 e. The van der Waals surface area contributed by atoms with E-state index in [9.17, 15) is 0 Å². The maximum absolute atomic E-state index is 2.64. The quantitative estimate of drug-likeness (QED) is 0.326. The number of hydrogen-bond acceptors (Lipinski definition) is 0. The molecule has 6 rings (SSSR count). The summed E-state index contributed by atoms with van der Waals surface area (Å²) in [5, 5.41) is 5.77. The maximum Gasteiger partial charge on any atom is -1.00 e. The van der Waals surface area contributed by atoms with Crippen molar-refractivity contribution in [3.8, 4) is 0 Å². The van der Waals surface area contributed by atoms with Gasteiger partial charge in [0.05, 0.1) is 0 Å². The van der Waals surface area contributed by atoms with Crippen LogP contribution in [0.2, 0.25) is 13.1 Å². The molecule has 4 heteroatoms. The van der Waals surface area contributed by atoms with Crippen LogP contribution in [0.5, 0.6) is 0 Å². The van der Waals surface area contributed by atoms with Crippen molar-refractivity contribution in [2.24, 2.45) is 0 Å². The number of allylic oxidation sites excluding steroid dienone is 2. The summed E-state index contributed by atoms with van der Waals surface area (Å²) in [6.07, 6.45) is 2.30. The van der Waals surface area contributed by atoms with E-state index in [4.69, 9.17) is 0 Å². The molecule has 0 atom stereocenters. The van der Waals surface area contributed by atoms with Crippen molar-refractivity contribution in [2.45, 2.75) is 39.8 Å². The first-order valence-electron chi connectivity index (χ1n) is 11.8. The molecule has 4 aromatic carbocycles. The Morgan fingerprint density at radius 3 is 1.41 bits per heavy atom. The zero-order valence-electron chi connectivity index (χ0n) is 20.2. The predicted molar refractivity (Wildman–Crippen MR) is 139 cm³/mol. The van der Waals surface area contributed by atoms with Gasteiger partial charge < -0.3 is 24.8 Å². The van der Waals surface area contributed by atoms with Gasteiger partial charge in [0.25, 0.3) is 0 Å². The van der Waals surface area contributed by atoms with Crippen LogP contribution in [-0.4, -0.2) is 5.92 Å². The Labute approximate surface area is 224 Å². The van der Waals surface area contributed by atoms with E-state index < -0.39 is 26.8 Å². The molecule has 0 unspecified atom stereocenters. The Morgan fingerprint density at radius 2 is 1.00 bits per heavy atom. The van der Waals surface area contributed by atoms with Crippen molar-refractivity contribution in [1.82, 2.24) is 0 Å². The summed E-state index contributed by atoms with van der Waals surface area (Å²) in [7, 11) is 0. The van der Waals surface area contributed by atoms with E-state index in [1.807, 2.05) is 6.56 Å². The first-order valence-corrected chi connectivity index (χ1v) is 21.4. The van der Waals surface area contributed by atoms with E-state index in [0.29, 0.717) is 0 Å². The van der Waals surface area contributed by atoms with Gasteiger partial charge >= 0.3 is 201 Å². The van der Waals surface area contributed by atoms with E-state index in [2.05, 4.69) is 99.7 Å². The second-order valence-corrected chi connectivity index (χ2v) is 28.6. The molecule has 34 heavy (non-hydrogen) atoms. The van der Waals surface area contributed by atoms with Crippen molar-refractivity contribution < 1.29 is 45.7 Å². The monoisotopic (exact) mass is 577 g/mol. The summed E-state index contributed by atoms with van der Waals surface area (Å²) in [5.41, 5.74) is 9.73. The minimum absolute atomic E-state index is 0. The SMILES string of the molecule is CC1=[C]([Zr+2]([C]2=C(C)Cc3ccc4ccccc4c32)[SiH](C)C)c2c(ccc3ccccc23)C1.[Cl-].[Cl-]. The zero-order chi connectivity index (χ0) is 22.0. The average molecular weight is 580 g/mol. The molecule has 0 saturated heterocycles. The van der Waals surface area contributed by atoms with E-state index in [1.54, 1.807) is 33.4 Å². The molecule has 0 saturated carbocycles. The second kappa shape index (κ2) is 9.90. The molecule has 0 fully saturated rings. The summed E-state index contributed by atoms with van der Waals surface area (Å²) in [5.74, 6) is -0.866. The van der Waals surface area contributed by atoms with Crippen molar-refractivity contribution in [2.75, 3.05) is 0 Å². The Balaban J connectivity index is 0.00000137. The first-order chi connectivity index (χ1) is 15.5. The summed E-state index contributed by atoms with van der Waals surface area (Å²) in [4.78, 5) is 0. The van der Waals surface area contributed by atoms with Crippen LogP contribution < -0.4 is 24.8 Å². The molecule has 0 spiro atoms. The normalized spacial score (nSPS) is 14.4. The Hall–Kier alpha value is -1.44. The van der Waals surface area contributed by atoms with Crippen LogP contribution in [0.3, 0.4) is 0 Å². The first kappa shape index (κ1) is 25.6. The molecule has 171 valence electrons. The van der Waals surface area contributed by atoms with Crippen LogP contribution in [0.25, 0.3) is 28.1 Å². The molecule has 0 amide bonds. The smallest absolute Gasteiger partial charge is 1.00 e. The molecular formula is C30H29Cl2SiZr. The van der Waals surface area contributed by atoms with Gasteiger partial charge in [0.15, 0.2) is 0 Å². The molecular weight excluding hydrogens is 551 g/mol. The van der Waals surface area contributed by atoms with E-state index >= 15 is 0 Å². The van der Waals surface area contributed by atoms with E-state index in [0.717, 1.165) is 12.8 Å². The Kier molecular flexibility index (Phi) is 7.47. The minimum atomic E-state index is -2.10. The Bertz CT molecular complexity index is 1370. The Morgan fingerprint density at radius 1 is 0.588 bits per heavy atom. The third-order valence-corrected chi connectivity index (χ3v) is 26.5. The molecule has 2 aliphatic carbocycles. The zero-order valence-corrected chi connectivity index (χ0v) is 25.3. The van der Waals surface area contributed by atoms with Crippen LogP contribution in [0.15, 0.2) is 83.9 Å². The molecule has 4 aromatic rings. The van der Waals surface area contributed by atoms with Gasteiger partial charge in [0.2, 0.25) is 0 Å². The number of halogens is 2. The standard InChI is InChI=1S/2C14H11.C2H7Si.2ClH.Zr/c2*1-10-8-12-7-6-11-4-2-3-5-13(11)14(12)9-10;1-3-2;;;/h2*2-7H,8H2,1H3;3H,1-2H3;2*1H;/q;;;;;+2/p-2. The van der Waals surface area contributed by atoms with Crippen LogP contribution in [0.1, 0.15) is 36.1 Å². The molecule has 2 aliphatic rings. The van der Waals surface area contributed by atoms with Crippen LogP contribution in [0, 0.1) is 0 Å². The molecule has 0 aliphatic heterocycles. The van der Waals surface area contributed by atoms with Gasteiger partial charge in [-0.1, -0.05) is 0 Å². The second-order valence-electron chi connectivity index (χ2n) is 9.87. The largest absolute Gasteiger partial charge is 1.00 e. The molecule has 0 aromatic heterocycles. The predicted octanol–water partition coefficient (Wildman–Crippen LogP) is 1.88. The van der Waals surface area contributed by atoms with E-state index in [1.165, 1.54) is 21.5 Å². The number of rotatable bonds is 3. The fourth-order valence-electron chi connectivity index (χ4n) is 6.12. The summed E-state index contributed by atoms with van der Waals surface area (Å²) >= 11 is -2.10. The van der Waals surface area contributed by atoms with Crippen molar-refractivity contribution in [3.05, 3.63) is 106 Å². The van der Waals surface area contributed by atoms with Gasteiger partial charge in [-0.15, -0.1) is 0 Å². The maximum atomic E-state index is 2.64. The fourth-order valence-corrected chi connectivity index (χ4v) is 26.5. The van der Waals surface area contributed by atoms with Gasteiger partial charge in [-0.3, -0.25) is 0 Å². The topological polar surface area (TPSA) is 0 Å². The molecule has 0 radical (unpaired) electrons. The van der Waals surface area contributed by atoms with E-state index in [-0.39, 0.29) is 24.8 Å². The van der Waals surface area contributed by atoms with Crippen molar-refractivity contribution >= 4 is 34.0 Å². The fraction of sp³-hybridized carbons (Fsp3) is 0.200. The molecule has 0 heterocycles. The third-order valence-electron chi connectivity index (χ3n) is 7.41. The van der Waals surface area contributed by atoms with Gasteiger partial charge in [0.1, 0.15) is 0 Å². The van der Waals surface area contributed by atoms with Gasteiger partial charge in [-0.25, -0.2) is 0 Å². The van der Waals surface area contributed by atoms with Crippen LogP contribution in [-0.2, 0) is 33.8 Å². The summed E-state index contributed by atoms with van der Waals surface area (Å²) < 4.78 is 3.69. The van der Waals surface area contributed by atoms with Gasteiger partial charge in [-0.2, -0.15) is 0 Å².